The van der Waals surface area contributed by atoms with Crippen LogP contribution in [0.2, 0.25) is 0 Å². The van der Waals surface area contributed by atoms with E-state index in [2.05, 4.69) is 29.6 Å². The van der Waals surface area contributed by atoms with E-state index < -0.39 is 12.1 Å². The van der Waals surface area contributed by atoms with Gasteiger partial charge in [0.1, 0.15) is 6.61 Å². The van der Waals surface area contributed by atoms with Crippen LogP contribution in [0.5, 0.6) is 0 Å². The third kappa shape index (κ3) is 5.18. The van der Waals surface area contributed by atoms with Crippen LogP contribution in [0.15, 0.2) is 48.5 Å². The summed E-state index contributed by atoms with van der Waals surface area (Å²) in [6.07, 6.45) is 2.36. The number of nitrogens with zero attached hydrogens (tertiary/aromatic N) is 1. The number of carbonyl (C=O) groups excluding carboxylic acids is 2. The van der Waals surface area contributed by atoms with E-state index in [1.165, 1.54) is 27.2 Å². The number of carboxylic acids is 1. The number of amides is 2. The van der Waals surface area contributed by atoms with Crippen LogP contribution >= 0.6 is 0 Å². The number of carboxylic acid groups (broad SMARTS) is 1. The number of alkyl carbamates (subject to hydrolysis) is 1. The van der Waals surface area contributed by atoms with Crippen molar-refractivity contribution in [3.8, 4) is 11.1 Å². The first-order chi connectivity index (χ1) is 15.9. The summed E-state index contributed by atoms with van der Waals surface area (Å²) in [5, 5.41) is 11.8. The molecule has 0 aromatic heterocycles. The number of hydrogen-bond donors (Lipinski definition) is 2. The molecule has 0 spiro atoms. The van der Waals surface area contributed by atoms with Crippen molar-refractivity contribution in [2.24, 2.45) is 5.92 Å². The summed E-state index contributed by atoms with van der Waals surface area (Å²) in [7, 11) is 1.62. The molecule has 0 aliphatic heterocycles. The Labute approximate surface area is 193 Å². The van der Waals surface area contributed by atoms with E-state index in [0.717, 1.165) is 19.3 Å². The van der Waals surface area contributed by atoms with E-state index in [0.29, 0.717) is 6.42 Å². The first kappa shape index (κ1) is 22.8. The molecule has 1 fully saturated rings. The maximum absolute atomic E-state index is 12.6. The summed E-state index contributed by atoms with van der Waals surface area (Å²) in [5.41, 5.74) is 4.70. The largest absolute Gasteiger partial charge is 0.481 e. The molecule has 174 valence electrons. The third-order valence-electron chi connectivity index (χ3n) is 6.83. The van der Waals surface area contributed by atoms with Gasteiger partial charge in [0.25, 0.3) is 0 Å². The molecular weight excluding hydrogens is 420 g/mol. The fourth-order valence-corrected chi connectivity index (χ4v) is 5.03. The number of nitrogens with one attached hydrogen (secondary N) is 1. The zero-order valence-corrected chi connectivity index (χ0v) is 18.8. The molecule has 1 saturated carbocycles. The summed E-state index contributed by atoms with van der Waals surface area (Å²) >= 11 is 0. The predicted octanol–water partition coefficient (Wildman–Crippen LogP) is 4.02. The SMILES string of the molecule is CN(CCC(=O)O)C(=O)CC1CCCC1NC(=O)OCC1c2ccccc2-c2ccccc21. The molecular formula is C26H30N2O5. The van der Waals surface area contributed by atoms with Gasteiger partial charge in [-0.25, -0.2) is 4.79 Å². The predicted molar refractivity (Wildman–Crippen MR) is 124 cm³/mol. The van der Waals surface area contributed by atoms with E-state index in [4.69, 9.17) is 9.84 Å². The van der Waals surface area contributed by atoms with Crippen molar-refractivity contribution in [1.82, 2.24) is 10.2 Å². The lowest BCUT2D eigenvalue weighted by atomic mass is 9.98. The molecule has 4 rings (SSSR count). The number of ether oxygens (including phenoxy) is 1. The van der Waals surface area contributed by atoms with Crippen LogP contribution in [0.3, 0.4) is 0 Å². The Kier molecular flexibility index (Phi) is 6.96. The molecule has 0 radical (unpaired) electrons. The summed E-state index contributed by atoms with van der Waals surface area (Å²) in [4.78, 5) is 37.3. The maximum Gasteiger partial charge on any atom is 0.407 e. The highest BCUT2D eigenvalue weighted by Crippen LogP contribution is 2.44. The van der Waals surface area contributed by atoms with Crippen LogP contribution in [0.25, 0.3) is 11.1 Å². The maximum atomic E-state index is 12.6. The van der Waals surface area contributed by atoms with E-state index in [9.17, 15) is 14.4 Å². The smallest absolute Gasteiger partial charge is 0.407 e. The van der Waals surface area contributed by atoms with E-state index >= 15 is 0 Å². The average molecular weight is 451 g/mol. The monoisotopic (exact) mass is 450 g/mol. The zero-order chi connectivity index (χ0) is 23.4. The molecule has 0 saturated heterocycles. The first-order valence-corrected chi connectivity index (χ1v) is 11.5. The molecule has 2 unspecified atom stereocenters. The summed E-state index contributed by atoms with van der Waals surface area (Å²) in [6, 6.07) is 16.3. The molecule has 2 aromatic carbocycles. The Morgan fingerprint density at radius 2 is 1.67 bits per heavy atom. The molecule has 7 heteroatoms. The highest BCUT2D eigenvalue weighted by Gasteiger charge is 2.33. The van der Waals surface area contributed by atoms with Crippen LogP contribution in [0.4, 0.5) is 4.79 Å². The molecule has 7 nitrogen and oxygen atoms in total. The van der Waals surface area contributed by atoms with Crippen molar-refractivity contribution >= 4 is 18.0 Å². The number of hydrogen-bond acceptors (Lipinski definition) is 4. The molecule has 2 aliphatic carbocycles. The van der Waals surface area contributed by atoms with Crippen LogP contribution < -0.4 is 5.32 Å². The number of fused-ring (bicyclic) bond motifs is 3. The van der Waals surface area contributed by atoms with Gasteiger partial charge in [-0.15, -0.1) is 0 Å². The quantitative estimate of drug-likeness (QED) is 0.633. The van der Waals surface area contributed by atoms with Crippen molar-refractivity contribution < 1.29 is 24.2 Å². The normalized spacial score (nSPS) is 18.9. The molecule has 0 heterocycles. The van der Waals surface area contributed by atoms with Gasteiger partial charge < -0.3 is 20.1 Å². The van der Waals surface area contributed by atoms with Gasteiger partial charge in [-0.1, -0.05) is 55.0 Å². The van der Waals surface area contributed by atoms with Crippen molar-refractivity contribution in [3.63, 3.8) is 0 Å². The van der Waals surface area contributed by atoms with Crippen LogP contribution in [-0.2, 0) is 14.3 Å². The first-order valence-electron chi connectivity index (χ1n) is 11.5. The van der Waals surface area contributed by atoms with Gasteiger partial charge in [0.2, 0.25) is 5.91 Å². The average Bonchev–Trinajstić information content (AvgIpc) is 3.37. The fourth-order valence-electron chi connectivity index (χ4n) is 5.03. The van der Waals surface area contributed by atoms with Gasteiger partial charge in [-0.3, -0.25) is 9.59 Å². The number of carbonyl (C=O) groups is 3. The second kappa shape index (κ2) is 10.1. The second-order valence-corrected chi connectivity index (χ2v) is 8.93. The van der Waals surface area contributed by atoms with Gasteiger partial charge in [0.15, 0.2) is 0 Å². The molecule has 2 aliphatic rings. The second-order valence-electron chi connectivity index (χ2n) is 8.93. The topological polar surface area (TPSA) is 95.9 Å². The van der Waals surface area contributed by atoms with Crippen LogP contribution in [-0.4, -0.2) is 54.2 Å². The van der Waals surface area contributed by atoms with Crippen LogP contribution in [0.1, 0.15) is 49.1 Å². The van der Waals surface area contributed by atoms with E-state index in [1.807, 2.05) is 24.3 Å². The zero-order valence-electron chi connectivity index (χ0n) is 18.8. The van der Waals surface area contributed by atoms with Crippen molar-refractivity contribution in [1.29, 1.82) is 0 Å². The summed E-state index contributed by atoms with van der Waals surface area (Å²) in [5.74, 6) is -0.981. The Hall–Kier alpha value is -3.35. The van der Waals surface area contributed by atoms with Gasteiger partial charge in [-0.2, -0.15) is 0 Å². The number of benzene rings is 2. The van der Waals surface area contributed by atoms with Gasteiger partial charge in [0.05, 0.1) is 6.42 Å². The summed E-state index contributed by atoms with van der Waals surface area (Å²) in [6.45, 7) is 0.444. The third-order valence-corrected chi connectivity index (χ3v) is 6.83. The molecule has 2 N–H and O–H groups in total. The molecule has 0 bridgehead atoms. The summed E-state index contributed by atoms with van der Waals surface area (Å²) < 4.78 is 5.66. The lowest BCUT2D eigenvalue weighted by molar-refractivity contribution is -0.138. The number of aliphatic carboxylic acids is 1. The minimum absolute atomic E-state index is 0.00647. The Bertz CT molecular complexity index is 991. The minimum atomic E-state index is -0.926. The molecule has 33 heavy (non-hydrogen) atoms. The van der Waals surface area contributed by atoms with Crippen molar-refractivity contribution in [2.75, 3.05) is 20.2 Å². The Balaban J connectivity index is 1.32. The number of rotatable bonds is 8. The highest BCUT2D eigenvalue weighted by atomic mass is 16.5. The fraction of sp³-hybridized carbons (Fsp3) is 0.423. The van der Waals surface area contributed by atoms with Gasteiger partial charge in [-0.05, 0) is 41.0 Å². The van der Waals surface area contributed by atoms with E-state index in [1.54, 1.807) is 7.05 Å². The lowest BCUT2D eigenvalue weighted by Gasteiger charge is -2.24. The lowest BCUT2D eigenvalue weighted by Crippen LogP contribution is -2.40. The molecule has 2 amide bonds. The molecule has 2 atom stereocenters. The van der Waals surface area contributed by atoms with Crippen LogP contribution in [0, 0.1) is 5.92 Å². The minimum Gasteiger partial charge on any atom is -0.481 e. The van der Waals surface area contributed by atoms with Crippen molar-refractivity contribution in [3.05, 3.63) is 59.7 Å². The van der Waals surface area contributed by atoms with Crippen molar-refractivity contribution in [2.45, 2.75) is 44.1 Å². The Morgan fingerprint density at radius 1 is 1.03 bits per heavy atom. The van der Waals surface area contributed by atoms with Gasteiger partial charge >= 0.3 is 12.1 Å². The van der Waals surface area contributed by atoms with E-state index in [-0.39, 0.29) is 43.4 Å². The highest BCUT2D eigenvalue weighted by molar-refractivity contribution is 5.79. The standard InChI is InChI=1S/C26H30N2O5/c1-28(14-13-25(30)31)24(29)15-17-7-6-12-23(17)27-26(32)33-16-22-20-10-4-2-8-18(20)19-9-3-5-11-21(19)22/h2-5,8-11,17,22-23H,6-7,12-16H2,1H3,(H,27,32)(H,30,31). The van der Waals surface area contributed by atoms with Gasteiger partial charge in [0, 0.05) is 32.0 Å². The molecule has 2 aromatic rings. The Morgan fingerprint density at radius 3 is 2.30 bits per heavy atom.